The van der Waals surface area contributed by atoms with Crippen LogP contribution in [-0.4, -0.2) is 0 Å². The van der Waals surface area contributed by atoms with Gasteiger partial charge in [0.1, 0.15) is 12.4 Å². The first-order valence-electron chi connectivity index (χ1n) is 5.52. The van der Waals surface area contributed by atoms with E-state index in [2.05, 4.69) is 0 Å². The van der Waals surface area contributed by atoms with Crippen molar-refractivity contribution in [1.82, 2.24) is 0 Å². The van der Waals surface area contributed by atoms with Crippen molar-refractivity contribution in [3.05, 3.63) is 64.2 Å². The van der Waals surface area contributed by atoms with Crippen LogP contribution in [0.2, 0.25) is 5.02 Å². The first kappa shape index (κ1) is 14.1. The third-order valence-electron chi connectivity index (χ3n) is 2.57. The lowest BCUT2D eigenvalue weighted by Crippen LogP contribution is -2.00. The zero-order valence-corrected chi connectivity index (χ0v) is 11.3. The minimum absolute atomic E-state index is 0.0130. The van der Waals surface area contributed by atoms with Crippen molar-refractivity contribution < 1.29 is 13.5 Å². The molecular weight excluding hydrogens is 293 g/mol. The zero-order chi connectivity index (χ0) is 13.8. The molecule has 0 amide bonds. The van der Waals surface area contributed by atoms with E-state index >= 15 is 0 Å². The molecule has 0 fully saturated rings. The van der Waals surface area contributed by atoms with Crippen LogP contribution in [0.15, 0.2) is 36.4 Å². The Morgan fingerprint density at radius 3 is 2.58 bits per heavy atom. The van der Waals surface area contributed by atoms with Gasteiger partial charge in [-0.25, -0.2) is 8.78 Å². The molecule has 19 heavy (non-hydrogen) atoms. The molecule has 2 aromatic rings. The highest BCUT2D eigenvalue weighted by molar-refractivity contribution is 6.30. The van der Waals surface area contributed by atoms with E-state index in [1.54, 1.807) is 12.1 Å². The van der Waals surface area contributed by atoms with Crippen LogP contribution in [0.4, 0.5) is 8.78 Å². The average Bonchev–Trinajstić information content (AvgIpc) is 2.41. The van der Waals surface area contributed by atoms with E-state index in [4.69, 9.17) is 27.9 Å². The maximum absolute atomic E-state index is 13.6. The molecule has 0 aliphatic carbocycles. The third-order valence-corrected chi connectivity index (χ3v) is 3.17. The number of rotatable bonds is 4. The molecule has 5 heteroatoms. The summed E-state index contributed by atoms with van der Waals surface area (Å²) < 4.78 is 32.5. The molecule has 0 spiro atoms. The van der Waals surface area contributed by atoms with Gasteiger partial charge in [0, 0.05) is 11.4 Å². The van der Waals surface area contributed by atoms with Gasteiger partial charge in [-0.05, 0) is 23.8 Å². The lowest BCUT2D eigenvalue weighted by Gasteiger charge is -2.09. The molecule has 1 nitrogen and oxygen atoms in total. The fourth-order valence-electron chi connectivity index (χ4n) is 1.56. The minimum atomic E-state index is -0.554. The Balaban J connectivity index is 2.12. The summed E-state index contributed by atoms with van der Waals surface area (Å²) in [7, 11) is 0. The summed E-state index contributed by atoms with van der Waals surface area (Å²) in [4.78, 5) is 0. The van der Waals surface area contributed by atoms with E-state index < -0.39 is 11.6 Å². The van der Waals surface area contributed by atoms with Crippen LogP contribution in [-0.2, 0) is 12.5 Å². The van der Waals surface area contributed by atoms with Gasteiger partial charge >= 0.3 is 0 Å². The lowest BCUT2D eigenvalue weighted by atomic mass is 10.2. The molecule has 0 saturated heterocycles. The molecule has 0 bridgehead atoms. The summed E-state index contributed by atoms with van der Waals surface area (Å²) in [6.07, 6.45) is 0. The summed E-state index contributed by atoms with van der Waals surface area (Å²) in [5.74, 6) is -0.809. The Morgan fingerprint density at radius 1 is 1.11 bits per heavy atom. The normalized spacial score (nSPS) is 10.5. The maximum atomic E-state index is 13.6. The Bertz CT molecular complexity index is 588. The lowest BCUT2D eigenvalue weighted by molar-refractivity contribution is 0.284. The Morgan fingerprint density at radius 2 is 1.89 bits per heavy atom. The van der Waals surface area contributed by atoms with Gasteiger partial charge in [-0.15, -0.1) is 11.6 Å². The van der Waals surface area contributed by atoms with Crippen LogP contribution in [0, 0.1) is 11.6 Å². The molecule has 0 aromatic heterocycles. The molecule has 0 saturated carbocycles. The van der Waals surface area contributed by atoms with Crippen LogP contribution in [0.1, 0.15) is 11.1 Å². The third kappa shape index (κ3) is 3.37. The van der Waals surface area contributed by atoms with Gasteiger partial charge in [-0.2, -0.15) is 0 Å². The highest BCUT2D eigenvalue weighted by Gasteiger charge is 2.09. The summed E-state index contributed by atoms with van der Waals surface area (Å²) in [6.45, 7) is -0.0937. The van der Waals surface area contributed by atoms with Crippen molar-refractivity contribution in [1.29, 1.82) is 0 Å². The quantitative estimate of drug-likeness (QED) is 0.727. The van der Waals surface area contributed by atoms with Crippen molar-refractivity contribution >= 4 is 23.2 Å². The van der Waals surface area contributed by atoms with Gasteiger partial charge in [-0.1, -0.05) is 29.8 Å². The monoisotopic (exact) mass is 302 g/mol. The summed E-state index contributed by atoms with van der Waals surface area (Å²) >= 11 is 11.2. The van der Waals surface area contributed by atoms with Crippen molar-refractivity contribution in [2.45, 2.75) is 12.5 Å². The molecule has 2 rings (SSSR count). The molecular formula is C14H10Cl2F2O. The Kier molecular flexibility index (Phi) is 4.61. The second-order valence-corrected chi connectivity index (χ2v) is 4.57. The summed E-state index contributed by atoms with van der Waals surface area (Å²) in [5.41, 5.74) is 0.925. The fourth-order valence-corrected chi connectivity index (χ4v) is 1.92. The molecule has 0 aliphatic heterocycles. The van der Waals surface area contributed by atoms with Gasteiger partial charge in [0.05, 0.1) is 5.02 Å². The predicted octanol–water partition coefficient (Wildman–Crippen LogP) is 4.94. The zero-order valence-electron chi connectivity index (χ0n) is 9.80. The first-order valence-corrected chi connectivity index (χ1v) is 6.43. The second-order valence-electron chi connectivity index (χ2n) is 3.90. The van der Waals surface area contributed by atoms with Crippen molar-refractivity contribution in [3.8, 4) is 5.75 Å². The average molecular weight is 303 g/mol. The van der Waals surface area contributed by atoms with Gasteiger partial charge < -0.3 is 4.74 Å². The maximum Gasteiger partial charge on any atom is 0.165 e. The van der Waals surface area contributed by atoms with Crippen molar-refractivity contribution in [2.75, 3.05) is 0 Å². The highest BCUT2D eigenvalue weighted by atomic mass is 35.5. The van der Waals surface area contributed by atoms with E-state index in [1.807, 2.05) is 0 Å². The minimum Gasteiger partial charge on any atom is -0.486 e. The van der Waals surface area contributed by atoms with E-state index in [9.17, 15) is 8.78 Å². The van der Waals surface area contributed by atoms with Crippen LogP contribution in [0.25, 0.3) is 0 Å². The molecule has 0 heterocycles. The second kappa shape index (κ2) is 6.22. The number of hydrogen-bond donors (Lipinski definition) is 0. The predicted molar refractivity (Wildman–Crippen MR) is 71.7 cm³/mol. The number of hydrogen-bond acceptors (Lipinski definition) is 1. The van der Waals surface area contributed by atoms with E-state index in [1.165, 1.54) is 24.3 Å². The molecule has 2 aromatic carbocycles. The van der Waals surface area contributed by atoms with E-state index in [-0.39, 0.29) is 28.8 Å². The van der Waals surface area contributed by atoms with Crippen LogP contribution in [0.3, 0.4) is 0 Å². The van der Waals surface area contributed by atoms with Crippen LogP contribution >= 0.6 is 23.2 Å². The van der Waals surface area contributed by atoms with Gasteiger partial charge in [0.25, 0.3) is 0 Å². The largest absolute Gasteiger partial charge is 0.486 e. The molecule has 0 unspecified atom stereocenters. The van der Waals surface area contributed by atoms with Crippen molar-refractivity contribution in [3.63, 3.8) is 0 Å². The number of benzene rings is 2. The number of ether oxygens (including phenoxy) is 1. The van der Waals surface area contributed by atoms with Crippen molar-refractivity contribution in [2.24, 2.45) is 0 Å². The van der Waals surface area contributed by atoms with Gasteiger partial charge in [0.15, 0.2) is 11.6 Å². The molecule has 0 atom stereocenters. The highest BCUT2D eigenvalue weighted by Crippen LogP contribution is 2.23. The van der Waals surface area contributed by atoms with E-state index in [0.717, 1.165) is 0 Å². The smallest absolute Gasteiger partial charge is 0.165 e. The number of alkyl halides is 1. The molecule has 0 aliphatic rings. The SMILES string of the molecule is Fc1cc(CCl)ccc1OCc1cccc(Cl)c1F. The molecule has 0 N–H and O–H groups in total. The fraction of sp³-hybridized carbons (Fsp3) is 0.143. The molecule has 0 radical (unpaired) electrons. The van der Waals surface area contributed by atoms with Gasteiger partial charge in [0.2, 0.25) is 0 Å². The van der Waals surface area contributed by atoms with Crippen LogP contribution < -0.4 is 4.74 Å². The summed E-state index contributed by atoms with van der Waals surface area (Å²) in [6, 6.07) is 8.99. The Labute approximate surface area is 119 Å². The Hall–Kier alpha value is -1.32. The van der Waals surface area contributed by atoms with Crippen LogP contribution in [0.5, 0.6) is 5.75 Å². The summed E-state index contributed by atoms with van der Waals surface area (Å²) in [5, 5.41) is 0.0130. The van der Waals surface area contributed by atoms with Gasteiger partial charge in [-0.3, -0.25) is 0 Å². The first-order chi connectivity index (χ1) is 9.11. The molecule has 100 valence electrons. The number of halogens is 4. The van der Waals surface area contributed by atoms with E-state index in [0.29, 0.717) is 5.56 Å². The standard InChI is InChI=1S/C14H10Cl2F2O/c15-7-9-4-5-13(12(17)6-9)19-8-10-2-1-3-11(16)14(10)18/h1-6H,7-8H2. The topological polar surface area (TPSA) is 9.23 Å².